The molecular weight excluding hydrogens is 437 g/mol. The molecule has 8 nitrogen and oxygen atoms in total. The van der Waals surface area contributed by atoms with Gasteiger partial charge in [0.25, 0.3) is 0 Å². The zero-order valence-corrected chi connectivity index (χ0v) is 19.3. The Kier molecular flexibility index (Phi) is 8.91. The van der Waals surface area contributed by atoms with E-state index in [2.05, 4.69) is 14.8 Å². The first kappa shape index (κ1) is 25.0. The van der Waals surface area contributed by atoms with Crippen molar-refractivity contribution < 1.29 is 22.5 Å². The van der Waals surface area contributed by atoms with Gasteiger partial charge in [-0.25, -0.2) is 22.9 Å². The van der Waals surface area contributed by atoms with Gasteiger partial charge >= 0.3 is 11.7 Å². The van der Waals surface area contributed by atoms with Crippen LogP contribution in [0.1, 0.15) is 30.5 Å². The normalized spacial score (nSPS) is 11.3. The summed E-state index contributed by atoms with van der Waals surface area (Å²) in [5.74, 6) is -0.381. The van der Waals surface area contributed by atoms with E-state index in [-0.39, 0.29) is 29.0 Å². The summed E-state index contributed by atoms with van der Waals surface area (Å²) in [5, 5.41) is 2.97. The van der Waals surface area contributed by atoms with Crippen LogP contribution in [0.2, 0.25) is 0 Å². The lowest BCUT2D eigenvalue weighted by atomic mass is 9.99. The third kappa shape index (κ3) is 5.71. The van der Waals surface area contributed by atoms with Gasteiger partial charge in [-0.2, -0.15) is 0 Å². The van der Waals surface area contributed by atoms with E-state index in [1.807, 2.05) is 13.8 Å². The van der Waals surface area contributed by atoms with Crippen LogP contribution in [0.15, 0.2) is 45.6 Å². The Morgan fingerprint density at radius 2 is 1.91 bits per heavy atom. The van der Waals surface area contributed by atoms with Gasteiger partial charge < -0.3 is 14.5 Å². The van der Waals surface area contributed by atoms with Gasteiger partial charge in [0.15, 0.2) is 17.0 Å². The highest BCUT2D eigenvalue weighted by atomic mass is 32.2. The summed E-state index contributed by atoms with van der Waals surface area (Å²) in [6.07, 6.45) is -0.651. The molecule has 0 saturated carbocycles. The van der Waals surface area contributed by atoms with Crippen LogP contribution in [0.5, 0.6) is 5.75 Å². The molecule has 10 heteroatoms. The zero-order chi connectivity index (χ0) is 23.8. The summed E-state index contributed by atoms with van der Waals surface area (Å²) in [5.41, 5.74) is 0.871. The molecular formula is C22H26FN3O5S. The number of benzene rings is 2. The van der Waals surface area contributed by atoms with Crippen LogP contribution in [0.25, 0.3) is 11.0 Å². The average molecular weight is 464 g/mol. The summed E-state index contributed by atoms with van der Waals surface area (Å²) in [6.45, 7) is 5.74. The molecule has 0 aliphatic heterocycles. The molecule has 1 heterocycles. The van der Waals surface area contributed by atoms with Gasteiger partial charge in [0.2, 0.25) is 0 Å². The fourth-order valence-corrected chi connectivity index (χ4v) is 3.40. The maximum absolute atomic E-state index is 14.8. The third-order valence-electron chi connectivity index (χ3n) is 4.51. The maximum atomic E-state index is 14.8. The monoisotopic (exact) mass is 463 g/mol. The average Bonchev–Trinajstić information content (AvgIpc) is 2.79. The number of hydrogen-bond acceptors (Lipinski definition) is 5. The molecule has 1 atom stereocenters. The summed E-state index contributed by atoms with van der Waals surface area (Å²) in [4.78, 5) is 23.9. The van der Waals surface area contributed by atoms with Crippen molar-refractivity contribution in [2.45, 2.75) is 27.2 Å². The Morgan fingerprint density at radius 3 is 2.56 bits per heavy atom. The lowest BCUT2D eigenvalue weighted by Crippen LogP contribution is -2.22. The van der Waals surface area contributed by atoms with E-state index in [1.165, 1.54) is 26.2 Å². The van der Waals surface area contributed by atoms with E-state index in [4.69, 9.17) is 9.15 Å². The maximum Gasteiger partial charge on any atom is 0.412 e. The molecule has 0 saturated heterocycles. The number of carbonyl (C=O) groups is 1. The second-order valence-electron chi connectivity index (χ2n) is 6.32. The Bertz CT molecular complexity index is 1200. The van der Waals surface area contributed by atoms with Gasteiger partial charge in [-0.15, -0.1) is 0 Å². The van der Waals surface area contributed by atoms with Gasteiger partial charge in [0, 0.05) is 30.5 Å². The summed E-state index contributed by atoms with van der Waals surface area (Å²) in [6, 6.07) is 9.30. The first-order chi connectivity index (χ1) is 15.3. The van der Waals surface area contributed by atoms with Crippen molar-refractivity contribution >= 4 is 33.9 Å². The Labute approximate surface area is 187 Å². The molecule has 0 aliphatic carbocycles. The molecule has 0 radical (unpaired) electrons. The van der Waals surface area contributed by atoms with Crippen LogP contribution in [0, 0.1) is 12.7 Å². The zero-order valence-electron chi connectivity index (χ0n) is 18.5. The van der Waals surface area contributed by atoms with Gasteiger partial charge in [0.1, 0.15) is 11.3 Å². The van der Waals surface area contributed by atoms with Crippen molar-refractivity contribution in [3.05, 3.63) is 69.3 Å². The number of fused-ring (bicyclic) bond motifs is 1. The van der Waals surface area contributed by atoms with Crippen molar-refractivity contribution in [2.75, 3.05) is 18.8 Å². The van der Waals surface area contributed by atoms with Gasteiger partial charge in [-0.1, -0.05) is 26.0 Å². The predicted octanol–water partition coefficient (Wildman–Crippen LogP) is 3.79. The smallest absolute Gasteiger partial charge is 0.412 e. The Balaban J connectivity index is 0.00000176. The summed E-state index contributed by atoms with van der Waals surface area (Å²) >= 11 is -1.64. The predicted molar refractivity (Wildman–Crippen MR) is 124 cm³/mol. The number of aryl methyl sites for hydroxylation is 1. The highest BCUT2D eigenvalue weighted by Gasteiger charge is 2.17. The first-order valence-corrected chi connectivity index (χ1v) is 11.1. The Morgan fingerprint density at radius 1 is 1.19 bits per heavy atom. The Hall–Kier alpha value is -3.24. The molecule has 1 aromatic heterocycles. The first-order valence-electron chi connectivity index (χ1n) is 9.93. The van der Waals surface area contributed by atoms with Crippen molar-refractivity contribution in [1.29, 1.82) is 0 Å². The lowest BCUT2D eigenvalue weighted by Gasteiger charge is -2.12. The number of ether oxygens (including phenoxy) is 1. The number of amides is 1. The highest BCUT2D eigenvalue weighted by molar-refractivity contribution is 7.84. The van der Waals surface area contributed by atoms with E-state index < -0.39 is 28.7 Å². The van der Waals surface area contributed by atoms with Crippen molar-refractivity contribution in [2.24, 2.45) is 0 Å². The second-order valence-corrected chi connectivity index (χ2v) is 7.47. The quantitative estimate of drug-likeness (QED) is 0.482. The number of halogens is 1. The number of hydrogen-bond donors (Lipinski definition) is 3. The van der Waals surface area contributed by atoms with E-state index in [0.29, 0.717) is 16.5 Å². The standard InChI is InChI=1S/C20H20FN3O5S.C2H6/c1-11-14-8-7-13(28-20(26)22-2)10-17(14)29-19(25)15(11)9-12-5-4-6-16(18(12)21)24-30(27)23-3;1-2/h4-8,10,23-24H,9H2,1-3H3,(H,22,26);1-2H3. The minimum absolute atomic E-state index is 0.00581. The number of carbonyl (C=O) groups excluding carboxylic acids is 1. The SMILES string of the molecule is CC.CNC(=O)Oc1ccc2c(C)c(Cc3cccc(NS(=O)NC)c3F)c(=O)oc2c1. The molecule has 172 valence electrons. The summed E-state index contributed by atoms with van der Waals surface area (Å²) < 4.78 is 41.8. The summed E-state index contributed by atoms with van der Waals surface area (Å²) in [7, 11) is 2.90. The molecule has 1 amide bonds. The van der Waals surface area contributed by atoms with Crippen LogP contribution in [-0.2, 0) is 17.6 Å². The van der Waals surface area contributed by atoms with Crippen molar-refractivity contribution in [1.82, 2.24) is 10.0 Å². The molecule has 0 bridgehead atoms. The molecule has 3 rings (SSSR count). The van der Waals surface area contributed by atoms with Gasteiger partial charge in [0.05, 0.1) is 5.69 Å². The molecule has 0 aliphatic rings. The number of rotatable bonds is 6. The molecule has 3 N–H and O–H groups in total. The van der Waals surface area contributed by atoms with Crippen LogP contribution < -0.4 is 25.1 Å². The van der Waals surface area contributed by atoms with Crippen molar-refractivity contribution in [3.8, 4) is 5.75 Å². The van der Waals surface area contributed by atoms with Gasteiger partial charge in [-0.05, 0) is 43.3 Å². The molecule has 32 heavy (non-hydrogen) atoms. The number of nitrogens with one attached hydrogen (secondary N) is 3. The van der Waals surface area contributed by atoms with E-state index in [1.54, 1.807) is 31.2 Å². The fourth-order valence-electron chi connectivity index (χ4n) is 2.94. The van der Waals surface area contributed by atoms with Crippen molar-refractivity contribution in [3.63, 3.8) is 0 Å². The van der Waals surface area contributed by atoms with Crippen LogP contribution in [0.4, 0.5) is 14.9 Å². The van der Waals surface area contributed by atoms with Crippen LogP contribution in [0.3, 0.4) is 0 Å². The molecule has 0 fully saturated rings. The largest absolute Gasteiger partial charge is 0.422 e. The fraction of sp³-hybridized carbons (Fsp3) is 0.273. The topological polar surface area (TPSA) is 110 Å². The molecule has 0 spiro atoms. The second kappa shape index (κ2) is 11.4. The highest BCUT2D eigenvalue weighted by Crippen LogP contribution is 2.27. The lowest BCUT2D eigenvalue weighted by molar-refractivity contribution is 0.203. The molecule has 3 aromatic rings. The van der Waals surface area contributed by atoms with Crippen LogP contribution in [-0.4, -0.2) is 24.4 Å². The molecule has 2 aromatic carbocycles. The van der Waals surface area contributed by atoms with E-state index in [9.17, 15) is 18.2 Å². The number of anilines is 1. The molecule has 1 unspecified atom stereocenters. The van der Waals surface area contributed by atoms with E-state index in [0.717, 1.165) is 0 Å². The minimum atomic E-state index is -1.64. The van der Waals surface area contributed by atoms with E-state index >= 15 is 0 Å². The minimum Gasteiger partial charge on any atom is -0.422 e. The van der Waals surface area contributed by atoms with Gasteiger partial charge in [-0.3, -0.25) is 4.72 Å². The third-order valence-corrected chi connectivity index (χ3v) is 5.28. The van der Waals surface area contributed by atoms with Crippen LogP contribution >= 0.6 is 0 Å².